The highest BCUT2D eigenvalue weighted by molar-refractivity contribution is 7.19. The lowest BCUT2D eigenvalue weighted by molar-refractivity contribution is -0.129. The van der Waals surface area contributed by atoms with E-state index in [0.29, 0.717) is 37.4 Å². The maximum atomic E-state index is 13.0. The smallest absolute Gasteiger partial charge is 0.253 e. The Balaban J connectivity index is 1.53. The minimum absolute atomic E-state index is 0.0789. The zero-order valence-electron chi connectivity index (χ0n) is 16.8. The summed E-state index contributed by atoms with van der Waals surface area (Å²) in [4.78, 5) is 33.2. The molecule has 0 bridgehead atoms. The van der Waals surface area contributed by atoms with E-state index in [2.05, 4.69) is 10.3 Å². The molecule has 1 fully saturated rings. The molecule has 4 rings (SSSR count). The predicted octanol–water partition coefficient (Wildman–Crippen LogP) is 2.88. The highest BCUT2D eigenvalue weighted by Gasteiger charge is 2.33. The van der Waals surface area contributed by atoms with E-state index in [4.69, 9.17) is 9.84 Å². The molecule has 3 heterocycles. The fourth-order valence-electron chi connectivity index (χ4n) is 3.63. The molecule has 2 N–H and O–H groups in total. The van der Waals surface area contributed by atoms with Gasteiger partial charge in [0.15, 0.2) is 0 Å². The van der Waals surface area contributed by atoms with Crippen LogP contribution >= 0.6 is 22.7 Å². The van der Waals surface area contributed by atoms with Crippen LogP contribution in [0, 0.1) is 13.8 Å². The quantitative estimate of drug-likeness (QED) is 0.584. The molecule has 0 aliphatic carbocycles. The Morgan fingerprint density at radius 2 is 2.23 bits per heavy atom. The molecule has 2 amide bonds. The van der Waals surface area contributed by atoms with Gasteiger partial charge in [-0.05, 0) is 38.5 Å². The topological polar surface area (TPSA) is 91.8 Å². The minimum Gasteiger partial charge on any atom is -0.488 e. The van der Waals surface area contributed by atoms with Crippen molar-refractivity contribution >= 4 is 44.6 Å². The average molecular weight is 446 g/mol. The van der Waals surface area contributed by atoms with Crippen molar-refractivity contribution in [2.75, 3.05) is 19.7 Å². The second kappa shape index (κ2) is 8.71. The van der Waals surface area contributed by atoms with Crippen LogP contribution < -0.4 is 10.1 Å². The van der Waals surface area contributed by atoms with Crippen LogP contribution in [0.3, 0.4) is 0 Å². The molecule has 0 saturated carbocycles. The van der Waals surface area contributed by atoms with E-state index >= 15 is 0 Å². The van der Waals surface area contributed by atoms with Gasteiger partial charge in [-0.25, -0.2) is 4.98 Å². The highest BCUT2D eigenvalue weighted by Crippen LogP contribution is 2.34. The van der Waals surface area contributed by atoms with E-state index in [1.165, 1.54) is 0 Å². The van der Waals surface area contributed by atoms with Crippen LogP contribution in [0.25, 0.3) is 10.1 Å². The fourth-order valence-corrected chi connectivity index (χ4v) is 5.36. The van der Waals surface area contributed by atoms with Gasteiger partial charge in [-0.3, -0.25) is 9.59 Å². The SMILES string of the molecule is Cc1ncsc1COc1ccc2sc(C)c(C(=O)N[C@@H]3CCN(CCO)C3=O)c2c1. The summed E-state index contributed by atoms with van der Waals surface area (Å²) in [6.45, 7) is 5.06. The van der Waals surface area contributed by atoms with Gasteiger partial charge < -0.3 is 20.1 Å². The number of aromatic nitrogens is 1. The number of aliphatic hydroxyl groups is 1. The summed E-state index contributed by atoms with van der Waals surface area (Å²) in [7, 11) is 0. The highest BCUT2D eigenvalue weighted by atomic mass is 32.1. The molecule has 30 heavy (non-hydrogen) atoms. The third-order valence-corrected chi connectivity index (χ3v) is 7.24. The summed E-state index contributed by atoms with van der Waals surface area (Å²) in [5, 5.41) is 12.8. The van der Waals surface area contributed by atoms with E-state index in [9.17, 15) is 9.59 Å². The molecule has 1 aliphatic rings. The first-order chi connectivity index (χ1) is 14.5. The molecule has 1 saturated heterocycles. The van der Waals surface area contributed by atoms with Gasteiger partial charge in [0.25, 0.3) is 5.91 Å². The standard InChI is InChI=1S/C21H23N3O4S2/c1-12-18(29-11-22-12)10-28-14-3-4-17-15(9-14)19(13(2)30-17)20(26)23-16-5-6-24(7-8-25)21(16)27/h3-4,9,11,16,25H,5-8,10H2,1-2H3,(H,23,26)/t16-/m1/s1. The zero-order valence-corrected chi connectivity index (χ0v) is 18.4. The number of benzene rings is 1. The normalized spacial score (nSPS) is 16.4. The van der Waals surface area contributed by atoms with Crippen molar-refractivity contribution in [3.63, 3.8) is 0 Å². The number of β-amino-alcohol motifs (C(OH)–C–C–N with tert-alkyl or cyclic N) is 1. The molecule has 7 nitrogen and oxygen atoms in total. The number of ether oxygens (including phenoxy) is 1. The van der Waals surface area contributed by atoms with Crippen LogP contribution in [0.15, 0.2) is 23.7 Å². The number of aryl methyl sites for hydroxylation is 2. The summed E-state index contributed by atoms with van der Waals surface area (Å²) in [6.07, 6.45) is 0.550. The Labute approximate surface area is 182 Å². The van der Waals surface area contributed by atoms with Crippen molar-refractivity contribution in [2.45, 2.75) is 32.9 Å². The summed E-state index contributed by atoms with van der Waals surface area (Å²) < 4.78 is 6.93. The van der Waals surface area contributed by atoms with Crippen molar-refractivity contribution in [1.82, 2.24) is 15.2 Å². The van der Waals surface area contributed by atoms with E-state index in [1.54, 1.807) is 33.1 Å². The molecule has 1 atom stereocenters. The summed E-state index contributed by atoms with van der Waals surface area (Å²) in [5.74, 6) is 0.296. The molecular weight excluding hydrogens is 422 g/mol. The Morgan fingerprint density at radius 1 is 1.40 bits per heavy atom. The summed E-state index contributed by atoms with van der Waals surface area (Å²) in [5.41, 5.74) is 3.35. The maximum Gasteiger partial charge on any atom is 0.253 e. The van der Waals surface area contributed by atoms with Gasteiger partial charge in [0.2, 0.25) is 5.91 Å². The number of thiazole rings is 1. The number of amides is 2. The number of carbonyl (C=O) groups is 2. The van der Waals surface area contributed by atoms with Gasteiger partial charge >= 0.3 is 0 Å². The van der Waals surface area contributed by atoms with Crippen molar-refractivity contribution in [1.29, 1.82) is 0 Å². The van der Waals surface area contributed by atoms with E-state index in [0.717, 1.165) is 25.5 Å². The van der Waals surface area contributed by atoms with Crippen molar-refractivity contribution in [2.24, 2.45) is 0 Å². The Bertz CT molecular complexity index is 1090. The lowest BCUT2D eigenvalue weighted by Gasteiger charge is -2.15. The number of aliphatic hydroxyl groups excluding tert-OH is 1. The first-order valence-corrected chi connectivity index (χ1v) is 11.4. The molecule has 2 aromatic heterocycles. The number of rotatable bonds is 7. The molecule has 1 aliphatic heterocycles. The summed E-state index contributed by atoms with van der Waals surface area (Å²) >= 11 is 3.11. The first-order valence-electron chi connectivity index (χ1n) is 9.73. The van der Waals surface area contributed by atoms with Gasteiger partial charge in [0, 0.05) is 28.1 Å². The number of nitrogens with zero attached hydrogens (tertiary/aromatic N) is 2. The third-order valence-electron chi connectivity index (χ3n) is 5.25. The van der Waals surface area contributed by atoms with E-state index in [1.807, 2.05) is 32.0 Å². The van der Waals surface area contributed by atoms with Gasteiger partial charge in [-0.15, -0.1) is 22.7 Å². The maximum absolute atomic E-state index is 13.0. The molecule has 1 aromatic carbocycles. The van der Waals surface area contributed by atoms with E-state index in [-0.39, 0.29) is 18.4 Å². The molecule has 0 radical (unpaired) electrons. The molecule has 9 heteroatoms. The number of likely N-dealkylation sites (tertiary alicyclic amines) is 1. The first kappa shape index (κ1) is 20.8. The van der Waals surface area contributed by atoms with Crippen molar-refractivity contribution in [3.05, 3.63) is 44.7 Å². The van der Waals surface area contributed by atoms with Crippen LogP contribution in [0.5, 0.6) is 5.75 Å². The van der Waals surface area contributed by atoms with Crippen molar-refractivity contribution in [3.8, 4) is 5.75 Å². The minimum atomic E-state index is -0.549. The molecule has 0 unspecified atom stereocenters. The molecular formula is C21H23N3O4S2. The van der Waals surface area contributed by atoms with Gasteiger partial charge in [0.05, 0.1) is 28.3 Å². The lowest BCUT2D eigenvalue weighted by atomic mass is 10.1. The number of carbonyl (C=O) groups excluding carboxylic acids is 2. The van der Waals surface area contributed by atoms with E-state index < -0.39 is 6.04 Å². The lowest BCUT2D eigenvalue weighted by Crippen LogP contribution is -2.42. The van der Waals surface area contributed by atoms with Gasteiger partial charge in [-0.2, -0.15) is 0 Å². The number of hydrogen-bond donors (Lipinski definition) is 2. The van der Waals surface area contributed by atoms with Crippen LogP contribution in [0.2, 0.25) is 0 Å². The Hall–Kier alpha value is -2.49. The Morgan fingerprint density at radius 3 is 2.97 bits per heavy atom. The second-order valence-corrected chi connectivity index (χ2v) is 9.40. The number of thiophene rings is 1. The largest absolute Gasteiger partial charge is 0.488 e. The van der Waals surface area contributed by atoms with Crippen LogP contribution in [0.1, 0.15) is 32.2 Å². The van der Waals surface area contributed by atoms with Crippen molar-refractivity contribution < 1.29 is 19.4 Å². The number of hydrogen-bond acceptors (Lipinski definition) is 7. The monoisotopic (exact) mass is 445 g/mol. The molecule has 0 spiro atoms. The average Bonchev–Trinajstić information content (AvgIpc) is 3.38. The van der Waals surface area contributed by atoms with Gasteiger partial charge in [-0.1, -0.05) is 0 Å². The number of nitrogens with one attached hydrogen (secondary N) is 1. The predicted molar refractivity (Wildman–Crippen MR) is 117 cm³/mol. The number of fused-ring (bicyclic) bond motifs is 1. The fraction of sp³-hybridized carbons (Fsp3) is 0.381. The molecule has 3 aromatic rings. The van der Waals surface area contributed by atoms with Crippen LogP contribution in [-0.4, -0.2) is 52.5 Å². The summed E-state index contributed by atoms with van der Waals surface area (Å²) in [6, 6.07) is 5.21. The second-order valence-electron chi connectivity index (χ2n) is 7.20. The third kappa shape index (κ3) is 4.05. The van der Waals surface area contributed by atoms with Crippen LogP contribution in [0.4, 0.5) is 0 Å². The zero-order chi connectivity index (χ0) is 21.3. The van der Waals surface area contributed by atoms with Crippen LogP contribution in [-0.2, 0) is 11.4 Å². The molecule has 158 valence electrons. The Kier molecular flexibility index (Phi) is 6.03. The van der Waals surface area contributed by atoms with Gasteiger partial charge in [0.1, 0.15) is 18.4 Å².